The van der Waals surface area contributed by atoms with Crippen LogP contribution in [0.1, 0.15) is 33.2 Å². The number of nitrogens with zero attached hydrogens (tertiary/aromatic N) is 2. The van der Waals surface area contributed by atoms with E-state index in [1.807, 2.05) is 0 Å². The van der Waals surface area contributed by atoms with Crippen LogP contribution in [-0.2, 0) is 16.1 Å². The van der Waals surface area contributed by atoms with Crippen molar-refractivity contribution in [2.45, 2.75) is 25.0 Å². The lowest BCUT2D eigenvalue weighted by Gasteiger charge is -2.54. The fraction of sp³-hybridized carbons (Fsp3) is 0.273. The van der Waals surface area contributed by atoms with Gasteiger partial charge >= 0.3 is 5.97 Å². The van der Waals surface area contributed by atoms with E-state index in [0.717, 1.165) is 9.80 Å². The normalized spacial score (nSPS) is 22.3. The number of amides is 3. The summed E-state index contributed by atoms with van der Waals surface area (Å²) in [6.45, 7) is 1.26. The monoisotopic (exact) mass is 424 g/mol. The van der Waals surface area contributed by atoms with Crippen molar-refractivity contribution in [1.82, 2.24) is 9.80 Å². The van der Waals surface area contributed by atoms with Crippen molar-refractivity contribution in [3.63, 3.8) is 0 Å². The molecule has 2 atom stereocenters. The van der Waals surface area contributed by atoms with Crippen molar-refractivity contribution in [2.24, 2.45) is 0 Å². The minimum atomic E-state index is -1.80. The number of methoxy groups -OCH3 is 2. The van der Waals surface area contributed by atoms with Gasteiger partial charge in [-0.15, -0.1) is 0 Å². The Morgan fingerprint density at radius 2 is 1.65 bits per heavy atom. The second kappa shape index (κ2) is 7.12. The van der Waals surface area contributed by atoms with Crippen LogP contribution in [0.15, 0.2) is 42.5 Å². The molecular formula is C22H20N2O7. The maximum atomic E-state index is 13.1. The molecule has 3 amide bonds. The van der Waals surface area contributed by atoms with E-state index in [1.165, 1.54) is 33.3 Å². The van der Waals surface area contributed by atoms with E-state index in [9.17, 15) is 24.3 Å². The minimum absolute atomic E-state index is 0.0749. The maximum Gasteiger partial charge on any atom is 0.332 e. The average molecular weight is 424 g/mol. The number of hydrogen-bond donors (Lipinski definition) is 1. The summed E-state index contributed by atoms with van der Waals surface area (Å²) in [7, 11) is 2.95. The van der Waals surface area contributed by atoms with Gasteiger partial charge in [-0.3, -0.25) is 19.3 Å². The first-order valence-corrected chi connectivity index (χ1v) is 9.48. The summed E-state index contributed by atoms with van der Waals surface area (Å²) in [5, 5.41) is 9.99. The third-order valence-corrected chi connectivity index (χ3v) is 5.93. The minimum Gasteiger partial charge on any atom is -0.497 e. The first-order valence-electron chi connectivity index (χ1n) is 9.48. The zero-order chi connectivity index (χ0) is 22.5. The molecule has 2 aromatic carbocycles. The summed E-state index contributed by atoms with van der Waals surface area (Å²) < 4.78 is 10.5. The Hall–Kier alpha value is -3.88. The van der Waals surface area contributed by atoms with Crippen LogP contribution in [0.25, 0.3) is 0 Å². The quantitative estimate of drug-likeness (QED) is 0.553. The molecule has 2 aliphatic rings. The molecule has 1 N–H and O–H groups in total. The van der Waals surface area contributed by atoms with Crippen LogP contribution >= 0.6 is 0 Å². The SMILES string of the molecule is COc1ccc(CN2C(=O)C(N3C(=O)c4ccccc4C3=O)C2(C)C(=O)O)c(OC)c1. The van der Waals surface area contributed by atoms with Gasteiger partial charge in [0.15, 0.2) is 11.6 Å². The summed E-state index contributed by atoms with van der Waals surface area (Å²) >= 11 is 0. The Morgan fingerprint density at radius 3 is 2.16 bits per heavy atom. The number of aliphatic carboxylic acids is 1. The highest BCUT2D eigenvalue weighted by Gasteiger charge is 2.67. The molecule has 2 aliphatic heterocycles. The van der Waals surface area contributed by atoms with Crippen molar-refractivity contribution in [2.75, 3.05) is 14.2 Å². The lowest BCUT2D eigenvalue weighted by Crippen LogP contribution is -2.80. The van der Waals surface area contributed by atoms with Gasteiger partial charge in [0.25, 0.3) is 11.8 Å². The molecule has 9 heteroatoms. The standard InChI is InChI=1S/C22H20N2O7/c1-22(21(28)29)17(24-18(25)14-6-4-5-7-15(14)19(24)26)20(27)23(22)11-12-8-9-13(30-2)10-16(12)31-3/h4-10,17H,11H2,1-3H3,(H,28,29). The molecule has 31 heavy (non-hydrogen) atoms. The molecule has 1 fully saturated rings. The van der Waals surface area contributed by atoms with Crippen molar-refractivity contribution in [1.29, 1.82) is 0 Å². The summed E-state index contributed by atoms with van der Waals surface area (Å²) in [6.07, 6.45) is 0. The largest absolute Gasteiger partial charge is 0.497 e. The number of carbonyl (C=O) groups excluding carboxylic acids is 3. The van der Waals surface area contributed by atoms with Crippen molar-refractivity contribution < 1.29 is 33.8 Å². The fourth-order valence-corrected chi connectivity index (χ4v) is 4.13. The van der Waals surface area contributed by atoms with Crippen LogP contribution in [0, 0.1) is 0 Å². The number of carboxylic acids is 1. The first-order chi connectivity index (χ1) is 14.7. The van der Waals surface area contributed by atoms with E-state index in [0.29, 0.717) is 17.1 Å². The van der Waals surface area contributed by atoms with Crippen molar-refractivity contribution in [3.8, 4) is 11.5 Å². The molecule has 2 aromatic rings. The van der Waals surface area contributed by atoms with Gasteiger partial charge in [0, 0.05) is 11.6 Å². The van der Waals surface area contributed by atoms with Crippen LogP contribution in [0.2, 0.25) is 0 Å². The lowest BCUT2D eigenvalue weighted by atomic mass is 9.78. The zero-order valence-electron chi connectivity index (χ0n) is 17.1. The van der Waals surface area contributed by atoms with E-state index in [1.54, 1.807) is 30.3 Å². The van der Waals surface area contributed by atoms with Crippen LogP contribution < -0.4 is 9.47 Å². The van der Waals surface area contributed by atoms with Gasteiger partial charge in [0.1, 0.15) is 11.5 Å². The van der Waals surface area contributed by atoms with E-state index in [-0.39, 0.29) is 17.7 Å². The number of β-lactam (4-membered cyclic amide) rings is 1. The number of likely N-dealkylation sites (tertiary alicyclic amines) is 1. The summed E-state index contributed by atoms with van der Waals surface area (Å²) in [5.41, 5.74) is -0.924. The van der Waals surface area contributed by atoms with Crippen LogP contribution in [0.5, 0.6) is 11.5 Å². The molecule has 2 unspecified atom stereocenters. The van der Waals surface area contributed by atoms with E-state index in [2.05, 4.69) is 0 Å². The molecule has 4 rings (SSSR count). The van der Waals surface area contributed by atoms with Gasteiger partial charge in [0.2, 0.25) is 5.91 Å². The topological polar surface area (TPSA) is 113 Å². The van der Waals surface area contributed by atoms with E-state index >= 15 is 0 Å². The van der Waals surface area contributed by atoms with Gasteiger partial charge < -0.3 is 19.5 Å². The van der Waals surface area contributed by atoms with Crippen molar-refractivity contribution >= 4 is 23.7 Å². The molecule has 160 valence electrons. The second-order valence-corrected chi connectivity index (χ2v) is 7.48. The second-order valence-electron chi connectivity index (χ2n) is 7.48. The first kappa shape index (κ1) is 20.4. The molecule has 1 saturated heterocycles. The van der Waals surface area contributed by atoms with Gasteiger partial charge in [0.05, 0.1) is 31.9 Å². The van der Waals surface area contributed by atoms with E-state index < -0.39 is 35.3 Å². The van der Waals surface area contributed by atoms with Crippen LogP contribution in [0.4, 0.5) is 0 Å². The number of carbonyl (C=O) groups is 4. The van der Waals surface area contributed by atoms with Crippen LogP contribution in [-0.4, -0.2) is 64.4 Å². The number of hydrogen-bond acceptors (Lipinski definition) is 6. The highest BCUT2D eigenvalue weighted by Crippen LogP contribution is 2.42. The zero-order valence-corrected chi connectivity index (χ0v) is 17.1. The molecule has 0 aliphatic carbocycles. The molecule has 0 bridgehead atoms. The fourth-order valence-electron chi connectivity index (χ4n) is 4.13. The molecule has 9 nitrogen and oxygen atoms in total. The summed E-state index contributed by atoms with van der Waals surface area (Å²) in [6, 6.07) is 9.70. The number of imide groups is 1. The molecule has 2 heterocycles. The number of rotatable bonds is 6. The van der Waals surface area contributed by atoms with Gasteiger partial charge in [-0.1, -0.05) is 12.1 Å². The third-order valence-electron chi connectivity index (χ3n) is 5.93. The number of benzene rings is 2. The Balaban J connectivity index is 1.68. The van der Waals surface area contributed by atoms with Gasteiger partial charge in [-0.05, 0) is 31.2 Å². The van der Waals surface area contributed by atoms with Gasteiger partial charge in [-0.2, -0.15) is 0 Å². The summed E-state index contributed by atoms with van der Waals surface area (Å²) in [5.74, 6) is -2.33. The number of fused-ring (bicyclic) bond motifs is 1. The van der Waals surface area contributed by atoms with Gasteiger partial charge in [-0.25, -0.2) is 4.79 Å². The van der Waals surface area contributed by atoms with E-state index in [4.69, 9.17) is 9.47 Å². The lowest BCUT2D eigenvalue weighted by molar-refractivity contribution is -0.185. The highest BCUT2D eigenvalue weighted by molar-refractivity contribution is 6.24. The molecular weight excluding hydrogens is 404 g/mol. The molecule has 0 saturated carbocycles. The van der Waals surface area contributed by atoms with Crippen LogP contribution in [0.3, 0.4) is 0 Å². The Kier molecular flexibility index (Phi) is 4.68. The Labute approximate surface area is 177 Å². The Bertz CT molecular complexity index is 1090. The molecule has 0 spiro atoms. The Morgan fingerprint density at radius 1 is 1.03 bits per heavy atom. The third kappa shape index (κ3) is 2.77. The summed E-state index contributed by atoms with van der Waals surface area (Å²) in [4.78, 5) is 52.9. The number of ether oxygens (including phenoxy) is 2. The predicted octanol–water partition coefficient (Wildman–Crippen LogP) is 1.55. The molecule has 0 radical (unpaired) electrons. The predicted molar refractivity (Wildman–Crippen MR) is 107 cm³/mol. The maximum absolute atomic E-state index is 13.1. The average Bonchev–Trinajstić information content (AvgIpc) is 3.02. The highest BCUT2D eigenvalue weighted by atomic mass is 16.5. The smallest absolute Gasteiger partial charge is 0.332 e. The number of carboxylic acid groups (broad SMARTS) is 1. The molecule has 0 aromatic heterocycles. The van der Waals surface area contributed by atoms with Crippen molar-refractivity contribution in [3.05, 3.63) is 59.2 Å².